The molecule has 0 heterocycles. The topological polar surface area (TPSA) is 17.1 Å². The zero-order chi connectivity index (χ0) is 12.7. The van der Waals surface area contributed by atoms with Crippen LogP contribution in [0.4, 0.5) is 8.78 Å². The third-order valence-corrected chi connectivity index (χ3v) is 3.86. The molecule has 1 aliphatic carbocycles. The van der Waals surface area contributed by atoms with Crippen molar-refractivity contribution in [3.05, 3.63) is 0 Å². The molecule has 17 heavy (non-hydrogen) atoms. The molecule has 1 saturated carbocycles. The lowest BCUT2D eigenvalue weighted by molar-refractivity contribution is -0.119. The lowest BCUT2D eigenvalue weighted by atomic mass is 9.85. The van der Waals surface area contributed by atoms with Crippen LogP contribution in [0.5, 0.6) is 0 Å². The van der Waals surface area contributed by atoms with Crippen molar-refractivity contribution in [2.24, 2.45) is 11.8 Å². The normalized spacial score (nSPS) is 19.5. The summed E-state index contributed by atoms with van der Waals surface area (Å²) in [6.45, 7) is 1.51. The van der Waals surface area contributed by atoms with Crippen LogP contribution in [0, 0.1) is 11.8 Å². The van der Waals surface area contributed by atoms with Crippen molar-refractivity contribution in [2.75, 3.05) is 0 Å². The second-order valence-corrected chi connectivity index (χ2v) is 5.43. The number of halogens is 2. The summed E-state index contributed by atoms with van der Waals surface area (Å²) in [6.07, 6.45) is 6.36. The van der Waals surface area contributed by atoms with Gasteiger partial charge in [-0.05, 0) is 18.8 Å². The van der Waals surface area contributed by atoms with Gasteiger partial charge >= 0.3 is 0 Å². The SMILES string of the molecule is CC(CCC(=O)CCC1CCCCC1)C(F)F. The Bertz CT molecular complexity index is 222. The Labute approximate surface area is 103 Å². The first-order chi connectivity index (χ1) is 8.09. The fraction of sp³-hybridized carbons (Fsp3) is 0.929. The predicted molar refractivity (Wildman–Crippen MR) is 65.2 cm³/mol. The maximum absolute atomic E-state index is 12.2. The fourth-order valence-electron chi connectivity index (χ4n) is 2.48. The van der Waals surface area contributed by atoms with Gasteiger partial charge in [-0.2, -0.15) is 0 Å². The Morgan fingerprint density at radius 1 is 1.18 bits per heavy atom. The Balaban J connectivity index is 2.08. The van der Waals surface area contributed by atoms with Crippen LogP contribution in [-0.4, -0.2) is 12.2 Å². The van der Waals surface area contributed by atoms with Gasteiger partial charge in [0.1, 0.15) is 5.78 Å². The van der Waals surface area contributed by atoms with E-state index in [0.29, 0.717) is 25.2 Å². The van der Waals surface area contributed by atoms with Gasteiger partial charge in [0.25, 0.3) is 0 Å². The highest BCUT2D eigenvalue weighted by molar-refractivity contribution is 5.78. The number of carbonyl (C=O) groups is 1. The zero-order valence-electron chi connectivity index (χ0n) is 10.8. The van der Waals surface area contributed by atoms with Crippen LogP contribution in [-0.2, 0) is 4.79 Å². The maximum atomic E-state index is 12.2. The highest BCUT2D eigenvalue weighted by Crippen LogP contribution is 2.27. The first-order valence-corrected chi connectivity index (χ1v) is 6.89. The molecule has 1 fully saturated rings. The van der Waals surface area contributed by atoms with Gasteiger partial charge in [-0.15, -0.1) is 0 Å². The minimum absolute atomic E-state index is 0.170. The number of rotatable bonds is 7. The van der Waals surface area contributed by atoms with E-state index < -0.39 is 12.3 Å². The molecule has 0 bridgehead atoms. The van der Waals surface area contributed by atoms with Crippen LogP contribution in [0.2, 0.25) is 0 Å². The van der Waals surface area contributed by atoms with Gasteiger partial charge in [-0.1, -0.05) is 39.0 Å². The van der Waals surface area contributed by atoms with E-state index in [9.17, 15) is 13.6 Å². The van der Waals surface area contributed by atoms with E-state index in [2.05, 4.69) is 0 Å². The zero-order valence-corrected chi connectivity index (χ0v) is 10.8. The van der Waals surface area contributed by atoms with E-state index in [1.807, 2.05) is 0 Å². The van der Waals surface area contributed by atoms with Gasteiger partial charge in [0.15, 0.2) is 0 Å². The number of carbonyl (C=O) groups excluding carboxylic acids is 1. The highest BCUT2D eigenvalue weighted by Gasteiger charge is 2.17. The predicted octanol–water partition coefficient (Wildman–Crippen LogP) is 4.60. The average molecular weight is 246 g/mol. The smallest absolute Gasteiger partial charge is 0.241 e. The van der Waals surface area contributed by atoms with Crippen LogP contribution in [0.3, 0.4) is 0 Å². The largest absolute Gasteiger partial charge is 0.300 e. The molecule has 0 radical (unpaired) electrons. The lowest BCUT2D eigenvalue weighted by Gasteiger charge is -2.21. The van der Waals surface area contributed by atoms with Crippen molar-refractivity contribution in [1.82, 2.24) is 0 Å². The fourth-order valence-corrected chi connectivity index (χ4v) is 2.48. The monoisotopic (exact) mass is 246 g/mol. The quantitative estimate of drug-likeness (QED) is 0.641. The molecule has 0 N–H and O–H groups in total. The second-order valence-electron chi connectivity index (χ2n) is 5.43. The van der Waals surface area contributed by atoms with Crippen molar-refractivity contribution in [2.45, 2.75) is 71.1 Å². The van der Waals surface area contributed by atoms with Crippen LogP contribution in [0.15, 0.2) is 0 Å². The van der Waals surface area contributed by atoms with Crippen LogP contribution in [0.25, 0.3) is 0 Å². The molecule has 100 valence electrons. The highest BCUT2D eigenvalue weighted by atomic mass is 19.3. The molecule has 3 heteroatoms. The molecule has 0 saturated heterocycles. The number of hydrogen-bond acceptors (Lipinski definition) is 1. The molecular weight excluding hydrogens is 222 g/mol. The van der Waals surface area contributed by atoms with Gasteiger partial charge in [0.05, 0.1) is 0 Å². The van der Waals surface area contributed by atoms with Gasteiger partial charge in [-0.25, -0.2) is 8.78 Å². The summed E-state index contributed by atoms with van der Waals surface area (Å²) in [5.41, 5.74) is 0. The molecule has 1 unspecified atom stereocenters. The summed E-state index contributed by atoms with van der Waals surface area (Å²) in [5, 5.41) is 0. The molecule has 0 aliphatic heterocycles. The van der Waals surface area contributed by atoms with E-state index in [-0.39, 0.29) is 5.78 Å². The Morgan fingerprint density at radius 3 is 2.41 bits per heavy atom. The molecule has 1 aliphatic rings. The Morgan fingerprint density at radius 2 is 1.82 bits per heavy atom. The Hall–Kier alpha value is -0.470. The van der Waals surface area contributed by atoms with E-state index in [0.717, 1.165) is 6.42 Å². The lowest BCUT2D eigenvalue weighted by Crippen LogP contribution is -2.11. The van der Waals surface area contributed by atoms with Gasteiger partial charge < -0.3 is 0 Å². The number of hydrogen-bond donors (Lipinski definition) is 0. The molecule has 0 aromatic rings. The van der Waals surface area contributed by atoms with Gasteiger partial charge in [0, 0.05) is 18.8 Å². The number of Topliss-reactive ketones (excluding diaryl/α,β-unsaturated/α-hetero) is 1. The standard InChI is InChI=1S/C14H24F2O/c1-11(14(15)16)7-9-13(17)10-8-12-5-3-2-4-6-12/h11-12,14H,2-10H2,1H3. The van der Waals surface area contributed by atoms with E-state index in [1.165, 1.54) is 39.0 Å². The first kappa shape index (κ1) is 14.6. The van der Waals surface area contributed by atoms with Crippen molar-refractivity contribution in [3.8, 4) is 0 Å². The Kier molecular flexibility index (Phi) is 6.68. The average Bonchev–Trinajstić information content (AvgIpc) is 2.34. The summed E-state index contributed by atoms with van der Waals surface area (Å²) in [6, 6.07) is 0. The van der Waals surface area contributed by atoms with E-state index >= 15 is 0 Å². The summed E-state index contributed by atoms with van der Waals surface area (Å²) >= 11 is 0. The van der Waals surface area contributed by atoms with Gasteiger partial charge in [0.2, 0.25) is 6.43 Å². The molecule has 0 amide bonds. The van der Waals surface area contributed by atoms with Crippen LogP contribution < -0.4 is 0 Å². The van der Waals surface area contributed by atoms with Crippen molar-refractivity contribution in [1.29, 1.82) is 0 Å². The van der Waals surface area contributed by atoms with Crippen LogP contribution >= 0.6 is 0 Å². The molecule has 0 spiro atoms. The molecular formula is C14H24F2O. The maximum Gasteiger partial charge on any atom is 0.241 e. The third-order valence-electron chi connectivity index (χ3n) is 3.86. The van der Waals surface area contributed by atoms with Crippen molar-refractivity contribution < 1.29 is 13.6 Å². The summed E-state index contributed by atoms with van der Waals surface area (Å²) in [7, 11) is 0. The summed E-state index contributed by atoms with van der Waals surface area (Å²) < 4.78 is 24.5. The number of ketones is 1. The molecule has 0 aromatic carbocycles. The third kappa shape index (κ3) is 6.13. The number of alkyl halides is 2. The minimum atomic E-state index is -2.29. The van der Waals surface area contributed by atoms with Crippen molar-refractivity contribution >= 4 is 5.78 Å². The summed E-state index contributed by atoms with van der Waals surface area (Å²) in [4.78, 5) is 11.6. The molecule has 1 atom stereocenters. The van der Waals surface area contributed by atoms with Crippen molar-refractivity contribution in [3.63, 3.8) is 0 Å². The van der Waals surface area contributed by atoms with E-state index in [1.54, 1.807) is 0 Å². The second kappa shape index (κ2) is 7.78. The molecule has 1 nitrogen and oxygen atoms in total. The first-order valence-electron chi connectivity index (χ1n) is 6.89. The minimum Gasteiger partial charge on any atom is -0.300 e. The summed E-state index contributed by atoms with van der Waals surface area (Å²) in [5.74, 6) is 0.233. The molecule has 1 rings (SSSR count). The van der Waals surface area contributed by atoms with E-state index in [4.69, 9.17) is 0 Å². The van der Waals surface area contributed by atoms with Crippen LogP contribution in [0.1, 0.15) is 64.7 Å². The van der Waals surface area contributed by atoms with Gasteiger partial charge in [-0.3, -0.25) is 4.79 Å². The molecule has 0 aromatic heterocycles.